The highest BCUT2D eigenvalue weighted by molar-refractivity contribution is 9.09. The summed E-state index contributed by atoms with van der Waals surface area (Å²) in [6, 6.07) is 10.7. The van der Waals surface area contributed by atoms with Crippen LogP contribution < -0.4 is 0 Å². The molecule has 0 amide bonds. The fraction of sp³-hybridized carbons (Fsp3) is 0.455. The van der Waals surface area contributed by atoms with Crippen LogP contribution in [0.15, 0.2) is 30.3 Å². The Kier molecular flexibility index (Phi) is 1.80. The van der Waals surface area contributed by atoms with Crippen LogP contribution in [0.1, 0.15) is 19.4 Å². The molecular formula is C11H13Br. The molecule has 1 saturated carbocycles. The molecule has 1 aromatic rings. The van der Waals surface area contributed by atoms with Crippen LogP contribution in [-0.4, -0.2) is 0 Å². The predicted octanol–water partition coefficient (Wildman–Crippen LogP) is 3.56. The molecule has 0 saturated heterocycles. The highest BCUT2D eigenvalue weighted by Gasteiger charge is 2.58. The number of hydrogen-bond donors (Lipinski definition) is 0. The molecular weight excluding hydrogens is 212 g/mol. The SMILES string of the molecule is CC1C(C)C1(Br)c1ccccc1. The monoisotopic (exact) mass is 224 g/mol. The number of alkyl halides is 1. The topological polar surface area (TPSA) is 0 Å². The summed E-state index contributed by atoms with van der Waals surface area (Å²) in [5.74, 6) is 1.53. The maximum absolute atomic E-state index is 3.83. The third-order valence-corrected chi connectivity index (χ3v) is 5.08. The van der Waals surface area contributed by atoms with Crippen LogP contribution in [0, 0.1) is 11.8 Å². The van der Waals surface area contributed by atoms with Crippen LogP contribution in [0.4, 0.5) is 0 Å². The van der Waals surface area contributed by atoms with E-state index in [2.05, 4.69) is 60.1 Å². The normalized spacial score (nSPS) is 39.6. The summed E-state index contributed by atoms with van der Waals surface area (Å²) in [6.45, 7) is 4.60. The lowest BCUT2D eigenvalue weighted by atomic mass is 10.1. The van der Waals surface area contributed by atoms with E-state index in [0.717, 1.165) is 11.8 Å². The van der Waals surface area contributed by atoms with Gasteiger partial charge in [0.05, 0.1) is 4.32 Å². The second-order valence-electron chi connectivity index (χ2n) is 3.71. The van der Waals surface area contributed by atoms with Gasteiger partial charge in [-0.05, 0) is 17.4 Å². The first-order valence-electron chi connectivity index (χ1n) is 4.42. The second kappa shape index (κ2) is 2.59. The quantitative estimate of drug-likeness (QED) is 0.641. The Bertz CT molecular complexity index is 270. The Morgan fingerprint density at radius 3 is 2.00 bits per heavy atom. The molecule has 0 aliphatic heterocycles. The van der Waals surface area contributed by atoms with Crippen molar-refractivity contribution in [1.29, 1.82) is 0 Å². The van der Waals surface area contributed by atoms with Gasteiger partial charge in [0.2, 0.25) is 0 Å². The van der Waals surface area contributed by atoms with Gasteiger partial charge in [0, 0.05) is 0 Å². The molecule has 1 aromatic carbocycles. The molecule has 0 spiro atoms. The van der Waals surface area contributed by atoms with Crippen molar-refractivity contribution in [1.82, 2.24) is 0 Å². The van der Waals surface area contributed by atoms with Gasteiger partial charge >= 0.3 is 0 Å². The summed E-state index contributed by atoms with van der Waals surface area (Å²) < 4.78 is 0.272. The van der Waals surface area contributed by atoms with Crippen molar-refractivity contribution in [2.45, 2.75) is 18.2 Å². The Labute approximate surface area is 82.1 Å². The average Bonchev–Trinajstić information content (AvgIpc) is 2.60. The molecule has 0 radical (unpaired) electrons. The van der Waals surface area contributed by atoms with E-state index in [-0.39, 0.29) is 4.32 Å². The first-order chi connectivity index (χ1) is 5.67. The number of hydrogen-bond acceptors (Lipinski definition) is 0. The zero-order valence-electron chi connectivity index (χ0n) is 7.42. The van der Waals surface area contributed by atoms with Crippen LogP contribution in [0.2, 0.25) is 0 Å². The van der Waals surface area contributed by atoms with E-state index in [4.69, 9.17) is 0 Å². The van der Waals surface area contributed by atoms with Gasteiger partial charge in [0.15, 0.2) is 0 Å². The van der Waals surface area contributed by atoms with E-state index in [0.29, 0.717) is 0 Å². The molecule has 2 rings (SSSR count). The van der Waals surface area contributed by atoms with Crippen molar-refractivity contribution in [3.8, 4) is 0 Å². The van der Waals surface area contributed by atoms with Gasteiger partial charge in [0.25, 0.3) is 0 Å². The van der Waals surface area contributed by atoms with Crippen molar-refractivity contribution in [3.05, 3.63) is 35.9 Å². The van der Waals surface area contributed by atoms with Gasteiger partial charge in [-0.1, -0.05) is 60.1 Å². The van der Waals surface area contributed by atoms with E-state index >= 15 is 0 Å². The summed E-state index contributed by atoms with van der Waals surface area (Å²) in [6.07, 6.45) is 0. The fourth-order valence-electron chi connectivity index (χ4n) is 1.94. The number of benzene rings is 1. The van der Waals surface area contributed by atoms with Gasteiger partial charge < -0.3 is 0 Å². The molecule has 64 valence electrons. The maximum atomic E-state index is 3.83. The molecule has 1 aliphatic carbocycles. The molecule has 0 N–H and O–H groups in total. The van der Waals surface area contributed by atoms with Crippen LogP contribution in [0.3, 0.4) is 0 Å². The molecule has 0 heterocycles. The molecule has 1 fully saturated rings. The first-order valence-corrected chi connectivity index (χ1v) is 5.21. The molecule has 0 bridgehead atoms. The van der Waals surface area contributed by atoms with Crippen molar-refractivity contribution >= 4 is 15.9 Å². The van der Waals surface area contributed by atoms with Gasteiger partial charge in [-0.3, -0.25) is 0 Å². The van der Waals surface area contributed by atoms with Gasteiger partial charge in [-0.2, -0.15) is 0 Å². The van der Waals surface area contributed by atoms with E-state index in [1.165, 1.54) is 5.56 Å². The standard InChI is InChI=1S/C11H13Br/c1-8-9(2)11(8,12)10-6-4-3-5-7-10/h3-9H,1-2H3. The smallest absolute Gasteiger partial charge is 0.0563 e. The van der Waals surface area contributed by atoms with Crippen molar-refractivity contribution < 1.29 is 0 Å². The maximum Gasteiger partial charge on any atom is 0.0563 e. The molecule has 1 aliphatic rings. The summed E-state index contributed by atoms with van der Waals surface area (Å²) >= 11 is 3.83. The minimum atomic E-state index is 0.272. The van der Waals surface area contributed by atoms with Crippen LogP contribution >= 0.6 is 15.9 Å². The van der Waals surface area contributed by atoms with Crippen LogP contribution in [0.5, 0.6) is 0 Å². The number of rotatable bonds is 1. The van der Waals surface area contributed by atoms with E-state index in [1.807, 2.05) is 0 Å². The lowest BCUT2D eigenvalue weighted by Crippen LogP contribution is -1.99. The Morgan fingerprint density at radius 2 is 1.58 bits per heavy atom. The Hall–Kier alpha value is -0.300. The van der Waals surface area contributed by atoms with Crippen molar-refractivity contribution in [3.63, 3.8) is 0 Å². The minimum Gasteiger partial charge on any atom is -0.0795 e. The molecule has 1 heteroatoms. The average molecular weight is 225 g/mol. The van der Waals surface area contributed by atoms with Crippen molar-refractivity contribution in [2.24, 2.45) is 11.8 Å². The summed E-state index contributed by atoms with van der Waals surface area (Å²) in [4.78, 5) is 0. The predicted molar refractivity (Wildman–Crippen MR) is 55.4 cm³/mol. The molecule has 12 heavy (non-hydrogen) atoms. The van der Waals surface area contributed by atoms with Gasteiger partial charge in [0.1, 0.15) is 0 Å². The third kappa shape index (κ3) is 0.957. The largest absolute Gasteiger partial charge is 0.0795 e. The Balaban J connectivity index is 2.34. The van der Waals surface area contributed by atoms with Crippen LogP contribution in [-0.2, 0) is 4.32 Å². The van der Waals surface area contributed by atoms with Gasteiger partial charge in [-0.15, -0.1) is 0 Å². The van der Waals surface area contributed by atoms with E-state index in [1.54, 1.807) is 0 Å². The summed E-state index contributed by atoms with van der Waals surface area (Å²) in [5, 5.41) is 0. The first kappa shape index (κ1) is 8.31. The van der Waals surface area contributed by atoms with Gasteiger partial charge in [-0.25, -0.2) is 0 Å². The molecule has 0 nitrogen and oxygen atoms in total. The lowest BCUT2D eigenvalue weighted by Gasteiger charge is -2.08. The zero-order valence-corrected chi connectivity index (χ0v) is 9.01. The van der Waals surface area contributed by atoms with Crippen molar-refractivity contribution in [2.75, 3.05) is 0 Å². The molecule has 2 unspecified atom stereocenters. The third-order valence-electron chi connectivity index (χ3n) is 3.18. The zero-order chi connectivity index (χ0) is 8.77. The van der Waals surface area contributed by atoms with Crippen LogP contribution in [0.25, 0.3) is 0 Å². The Morgan fingerprint density at radius 1 is 1.08 bits per heavy atom. The second-order valence-corrected chi connectivity index (χ2v) is 5.02. The highest BCUT2D eigenvalue weighted by Crippen LogP contribution is 2.63. The number of halogens is 1. The summed E-state index contributed by atoms with van der Waals surface area (Å²) in [5.41, 5.74) is 1.42. The molecule has 2 atom stereocenters. The summed E-state index contributed by atoms with van der Waals surface area (Å²) in [7, 11) is 0. The molecule has 0 aromatic heterocycles. The van der Waals surface area contributed by atoms with E-state index in [9.17, 15) is 0 Å². The van der Waals surface area contributed by atoms with E-state index < -0.39 is 0 Å². The minimum absolute atomic E-state index is 0.272. The fourth-order valence-corrected chi connectivity index (χ4v) is 2.87. The lowest BCUT2D eigenvalue weighted by molar-refractivity contribution is 0.834. The highest BCUT2D eigenvalue weighted by atomic mass is 79.9.